The molecule has 1 N–H and O–H groups in total. The van der Waals surface area contributed by atoms with Crippen molar-refractivity contribution in [1.29, 1.82) is 0 Å². The van der Waals surface area contributed by atoms with Crippen LogP contribution in [0.4, 0.5) is 0 Å². The third-order valence-corrected chi connectivity index (χ3v) is 5.11. The van der Waals surface area contributed by atoms with Gasteiger partial charge in [0.1, 0.15) is 4.88 Å². The minimum Gasteiger partial charge on any atom is -0.477 e. The van der Waals surface area contributed by atoms with E-state index in [-0.39, 0.29) is 0 Å². The van der Waals surface area contributed by atoms with Crippen LogP contribution in [-0.2, 0) is 0 Å². The largest absolute Gasteiger partial charge is 0.477 e. The zero-order chi connectivity index (χ0) is 15.1. The number of benzene rings is 2. The summed E-state index contributed by atoms with van der Waals surface area (Å²) in [5.74, 6) is -0.915. The first-order valence-corrected chi connectivity index (χ1v) is 7.70. The Hall–Kier alpha value is -1.84. The van der Waals surface area contributed by atoms with Crippen LogP contribution in [0.25, 0.3) is 21.2 Å². The van der Waals surface area contributed by atoms with Crippen LogP contribution < -0.4 is 0 Å². The van der Waals surface area contributed by atoms with Crippen molar-refractivity contribution in [2.75, 3.05) is 0 Å². The van der Waals surface area contributed by atoms with Gasteiger partial charge >= 0.3 is 5.97 Å². The molecule has 4 heteroatoms. The molecule has 0 fully saturated rings. The number of halogens is 1. The first-order valence-electron chi connectivity index (χ1n) is 6.51. The van der Waals surface area contributed by atoms with Gasteiger partial charge in [0, 0.05) is 26.2 Å². The quantitative estimate of drug-likeness (QED) is 0.674. The third-order valence-electron chi connectivity index (χ3n) is 3.64. The van der Waals surface area contributed by atoms with E-state index in [4.69, 9.17) is 11.6 Å². The van der Waals surface area contributed by atoms with E-state index in [0.717, 1.165) is 32.3 Å². The van der Waals surface area contributed by atoms with Crippen LogP contribution >= 0.6 is 22.9 Å². The van der Waals surface area contributed by atoms with E-state index in [2.05, 4.69) is 0 Å². The van der Waals surface area contributed by atoms with Crippen LogP contribution in [0.3, 0.4) is 0 Å². The highest BCUT2D eigenvalue weighted by atomic mass is 35.5. The number of fused-ring (bicyclic) bond motifs is 1. The van der Waals surface area contributed by atoms with Gasteiger partial charge in [-0.2, -0.15) is 0 Å². The second-order valence-corrected chi connectivity index (χ2v) is 6.48. The minimum atomic E-state index is -0.915. The van der Waals surface area contributed by atoms with Crippen molar-refractivity contribution in [2.24, 2.45) is 0 Å². The van der Waals surface area contributed by atoms with Crippen LogP contribution in [0.5, 0.6) is 0 Å². The normalized spacial score (nSPS) is 11.0. The highest BCUT2D eigenvalue weighted by Gasteiger charge is 2.21. The van der Waals surface area contributed by atoms with Gasteiger partial charge in [-0.05, 0) is 43.2 Å². The third kappa shape index (κ3) is 2.33. The number of carboxylic acid groups (broad SMARTS) is 1. The van der Waals surface area contributed by atoms with Crippen LogP contribution in [0.15, 0.2) is 36.4 Å². The molecule has 0 unspecified atom stereocenters. The molecular weight excluding hydrogens is 304 g/mol. The number of hydrogen-bond donors (Lipinski definition) is 1. The number of carbonyl (C=O) groups is 1. The highest BCUT2D eigenvalue weighted by Crippen LogP contribution is 2.42. The molecule has 1 heterocycles. The minimum absolute atomic E-state index is 0.336. The number of hydrogen-bond acceptors (Lipinski definition) is 2. The van der Waals surface area contributed by atoms with Gasteiger partial charge in [-0.1, -0.05) is 29.8 Å². The van der Waals surface area contributed by atoms with Crippen molar-refractivity contribution in [3.05, 3.63) is 57.4 Å². The lowest BCUT2D eigenvalue weighted by atomic mass is 9.99. The molecule has 106 valence electrons. The van der Waals surface area contributed by atoms with Gasteiger partial charge in [0.2, 0.25) is 0 Å². The first-order chi connectivity index (χ1) is 9.99. The highest BCUT2D eigenvalue weighted by molar-refractivity contribution is 7.21. The summed E-state index contributed by atoms with van der Waals surface area (Å²) in [6, 6.07) is 11.5. The lowest BCUT2D eigenvalue weighted by Crippen LogP contribution is -1.95. The monoisotopic (exact) mass is 316 g/mol. The molecule has 0 aliphatic rings. The number of carboxylic acids is 1. The number of rotatable bonds is 2. The van der Waals surface area contributed by atoms with Crippen molar-refractivity contribution in [3.63, 3.8) is 0 Å². The Labute approximate surface area is 131 Å². The number of aryl methyl sites for hydroxylation is 2. The average Bonchev–Trinajstić information content (AvgIpc) is 2.78. The van der Waals surface area contributed by atoms with E-state index in [9.17, 15) is 9.90 Å². The summed E-state index contributed by atoms with van der Waals surface area (Å²) in [7, 11) is 0. The second-order valence-electron chi connectivity index (χ2n) is 5.02. The smallest absolute Gasteiger partial charge is 0.346 e. The average molecular weight is 317 g/mol. The van der Waals surface area contributed by atoms with Crippen molar-refractivity contribution in [1.82, 2.24) is 0 Å². The maximum absolute atomic E-state index is 11.6. The molecule has 2 nitrogen and oxygen atoms in total. The number of thiophene rings is 1. The molecule has 3 aromatic rings. The van der Waals surface area contributed by atoms with E-state index < -0.39 is 5.97 Å². The molecule has 1 aromatic heterocycles. The molecule has 0 radical (unpaired) electrons. The van der Waals surface area contributed by atoms with E-state index in [0.29, 0.717) is 9.90 Å². The van der Waals surface area contributed by atoms with Gasteiger partial charge in [-0.15, -0.1) is 11.3 Å². The van der Waals surface area contributed by atoms with Gasteiger partial charge in [0.15, 0.2) is 0 Å². The zero-order valence-electron chi connectivity index (χ0n) is 11.6. The fourth-order valence-electron chi connectivity index (χ4n) is 2.43. The predicted molar refractivity (Wildman–Crippen MR) is 88.7 cm³/mol. The molecule has 0 bridgehead atoms. The fourth-order valence-corrected chi connectivity index (χ4v) is 3.80. The van der Waals surface area contributed by atoms with Crippen LogP contribution in [-0.4, -0.2) is 11.1 Å². The van der Waals surface area contributed by atoms with Gasteiger partial charge in [0.05, 0.1) is 0 Å². The Kier molecular flexibility index (Phi) is 3.47. The van der Waals surface area contributed by atoms with Crippen LogP contribution in [0.1, 0.15) is 20.8 Å². The van der Waals surface area contributed by atoms with E-state index >= 15 is 0 Å². The van der Waals surface area contributed by atoms with E-state index in [1.54, 1.807) is 6.07 Å². The van der Waals surface area contributed by atoms with Gasteiger partial charge in [-0.3, -0.25) is 0 Å². The topological polar surface area (TPSA) is 37.3 Å². The fraction of sp³-hybridized carbons (Fsp3) is 0.118. The lowest BCUT2D eigenvalue weighted by molar-refractivity contribution is 0.0703. The predicted octanol–water partition coefficient (Wildman–Crippen LogP) is 5.54. The van der Waals surface area contributed by atoms with Crippen LogP contribution in [0, 0.1) is 13.8 Å². The molecule has 0 atom stereocenters. The van der Waals surface area contributed by atoms with Crippen molar-refractivity contribution < 1.29 is 9.90 Å². The number of aromatic carboxylic acids is 1. The Balaban J connectivity index is 2.44. The molecule has 0 amide bonds. The molecule has 0 saturated carbocycles. The van der Waals surface area contributed by atoms with Crippen molar-refractivity contribution >= 4 is 39.0 Å². The van der Waals surface area contributed by atoms with Gasteiger partial charge < -0.3 is 5.11 Å². The molecule has 0 aliphatic carbocycles. The summed E-state index contributed by atoms with van der Waals surface area (Å²) in [6.45, 7) is 4.06. The summed E-state index contributed by atoms with van der Waals surface area (Å²) >= 11 is 7.58. The van der Waals surface area contributed by atoms with Crippen molar-refractivity contribution in [3.8, 4) is 11.1 Å². The molecule has 0 saturated heterocycles. The second kappa shape index (κ2) is 5.17. The molecule has 21 heavy (non-hydrogen) atoms. The standard InChI is InChI=1S/C17H13ClO2S/c1-9-7-12-14(8-10(9)2)21-16(17(19)20)15(12)11-5-3-4-6-13(11)18/h3-8H,1-2H3,(H,19,20). The summed E-state index contributed by atoms with van der Waals surface area (Å²) in [6.07, 6.45) is 0. The molecule has 0 spiro atoms. The van der Waals surface area contributed by atoms with Crippen LogP contribution in [0.2, 0.25) is 5.02 Å². The van der Waals surface area contributed by atoms with Crippen molar-refractivity contribution in [2.45, 2.75) is 13.8 Å². The van der Waals surface area contributed by atoms with E-state index in [1.165, 1.54) is 11.3 Å². The zero-order valence-corrected chi connectivity index (χ0v) is 13.2. The Bertz CT molecular complexity index is 865. The molecule has 3 rings (SSSR count). The Morgan fingerprint density at radius 2 is 1.81 bits per heavy atom. The summed E-state index contributed by atoms with van der Waals surface area (Å²) < 4.78 is 0.977. The summed E-state index contributed by atoms with van der Waals surface area (Å²) in [5.41, 5.74) is 3.79. The van der Waals surface area contributed by atoms with E-state index in [1.807, 2.05) is 44.2 Å². The SMILES string of the molecule is Cc1cc2sc(C(=O)O)c(-c3ccccc3Cl)c2cc1C. The molecule has 2 aromatic carbocycles. The summed E-state index contributed by atoms with van der Waals surface area (Å²) in [5, 5.41) is 11.0. The maximum Gasteiger partial charge on any atom is 0.346 e. The lowest BCUT2D eigenvalue weighted by Gasteiger charge is -2.06. The molecular formula is C17H13ClO2S. The molecule has 0 aliphatic heterocycles. The summed E-state index contributed by atoms with van der Waals surface area (Å²) in [4.78, 5) is 11.9. The Morgan fingerprint density at radius 3 is 2.48 bits per heavy atom. The first kappa shape index (κ1) is 14.1. The maximum atomic E-state index is 11.6. The van der Waals surface area contributed by atoms with Gasteiger partial charge in [-0.25, -0.2) is 4.79 Å². The van der Waals surface area contributed by atoms with Gasteiger partial charge in [0.25, 0.3) is 0 Å². The Morgan fingerprint density at radius 1 is 1.14 bits per heavy atom.